The molecular weight excluding hydrogens is 182 g/mol. The molecule has 0 bridgehead atoms. The van der Waals surface area contributed by atoms with Gasteiger partial charge in [-0.1, -0.05) is 0 Å². The van der Waals surface area contributed by atoms with Crippen LogP contribution in [0.3, 0.4) is 0 Å². The maximum atomic E-state index is 5.95. The summed E-state index contributed by atoms with van der Waals surface area (Å²) in [6.45, 7) is 6.00. The Morgan fingerprint density at radius 3 is 2.54 bits per heavy atom. The highest BCUT2D eigenvalue weighted by atomic mass is 32.1. The number of anilines is 1. The molecule has 0 saturated carbocycles. The standard InChI is InChI=1S/C9H11N3S/c1-4-5(2)11-12-9-7(4)8(10)6(3)13-9/h10H2,1-3H3. The number of thiophene rings is 1. The first-order chi connectivity index (χ1) is 6.11. The summed E-state index contributed by atoms with van der Waals surface area (Å²) in [5.41, 5.74) is 8.91. The summed E-state index contributed by atoms with van der Waals surface area (Å²) in [6.07, 6.45) is 0. The Balaban J connectivity index is 2.97. The molecule has 0 spiro atoms. The summed E-state index contributed by atoms with van der Waals surface area (Å²) in [4.78, 5) is 2.07. The van der Waals surface area contributed by atoms with Crippen molar-refractivity contribution in [3.05, 3.63) is 16.1 Å². The molecule has 0 aliphatic rings. The van der Waals surface area contributed by atoms with Crippen LogP contribution < -0.4 is 5.73 Å². The van der Waals surface area contributed by atoms with Gasteiger partial charge in [0.1, 0.15) is 4.83 Å². The maximum absolute atomic E-state index is 5.95. The molecule has 13 heavy (non-hydrogen) atoms. The normalized spacial score (nSPS) is 11.0. The van der Waals surface area contributed by atoms with E-state index in [9.17, 15) is 0 Å². The van der Waals surface area contributed by atoms with Crippen molar-refractivity contribution in [2.45, 2.75) is 20.8 Å². The van der Waals surface area contributed by atoms with Crippen molar-refractivity contribution < 1.29 is 0 Å². The summed E-state index contributed by atoms with van der Waals surface area (Å²) in [5, 5.41) is 9.26. The Bertz CT molecular complexity index is 473. The molecule has 2 rings (SSSR count). The Morgan fingerprint density at radius 1 is 1.15 bits per heavy atom. The van der Waals surface area contributed by atoms with Gasteiger partial charge in [0.2, 0.25) is 0 Å². The number of nitrogen functional groups attached to an aromatic ring is 1. The van der Waals surface area contributed by atoms with Crippen LogP contribution in [0.25, 0.3) is 10.2 Å². The van der Waals surface area contributed by atoms with Gasteiger partial charge in [0.05, 0.1) is 11.4 Å². The molecule has 3 nitrogen and oxygen atoms in total. The number of aryl methyl sites for hydroxylation is 3. The lowest BCUT2D eigenvalue weighted by molar-refractivity contribution is 1.01. The number of aromatic nitrogens is 2. The van der Waals surface area contributed by atoms with Crippen LogP contribution in [0.15, 0.2) is 0 Å². The molecule has 0 radical (unpaired) electrons. The molecule has 4 heteroatoms. The molecule has 68 valence electrons. The van der Waals surface area contributed by atoms with Gasteiger partial charge in [-0.15, -0.1) is 16.4 Å². The Morgan fingerprint density at radius 2 is 1.85 bits per heavy atom. The molecule has 0 fully saturated rings. The molecule has 2 N–H and O–H groups in total. The van der Waals surface area contributed by atoms with E-state index in [1.807, 2.05) is 20.8 Å². The van der Waals surface area contributed by atoms with Crippen molar-refractivity contribution in [2.75, 3.05) is 5.73 Å². The third-order valence-electron chi connectivity index (χ3n) is 2.32. The number of nitrogens with two attached hydrogens (primary N) is 1. The molecule has 0 aromatic carbocycles. The van der Waals surface area contributed by atoms with Crippen LogP contribution >= 0.6 is 11.3 Å². The molecule has 2 aromatic rings. The summed E-state index contributed by atoms with van der Waals surface area (Å²) >= 11 is 1.60. The second-order valence-corrected chi connectivity index (χ2v) is 4.37. The van der Waals surface area contributed by atoms with Gasteiger partial charge in [0, 0.05) is 10.3 Å². The Hall–Kier alpha value is -1.16. The van der Waals surface area contributed by atoms with E-state index < -0.39 is 0 Å². The van der Waals surface area contributed by atoms with Crippen LogP contribution in [0.5, 0.6) is 0 Å². The highest BCUT2D eigenvalue weighted by molar-refractivity contribution is 7.19. The summed E-state index contributed by atoms with van der Waals surface area (Å²) in [5.74, 6) is 0. The largest absolute Gasteiger partial charge is 0.397 e. The Labute approximate surface area is 80.6 Å². The third kappa shape index (κ3) is 1.09. The number of rotatable bonds is 0. The predicted octanol–water partition coefficient (Wildman–Crippen LogP) is 2.20. The highest BCUT2D eigenvalue weighted by Crippen LogP contribution is 2.33. The summed E-state index contributed by atoms with van der Waals surface area (Å²) in [6, 6.07) is 0. The fourth-order valence-electron chi connectivity index (χ4n) is 1.35. The minimum Gasteiger partial charge on any atom is -0.397 e. The molecule has 0 atom stereocenters. The van der Waals surface area contributed by atoms with Crippen molar-refractivity contribution in [3.63, 3.8) is 0 Å². The van der Waals surface area contributed by atoms with Gasteiger partial charge in [0.25, 0.3) is 0 Å². The van der Waals surface area contributed by atoms with E-state index in [1.54, 1.807) is 11.3 Å². The minimum absolute atomic E-state index is 0.857. The number of hydrogen-bond acceptors (Lipinski definition) is 4. The van der Waals surface area contributed by atoms with Crippen LogP contribution in [0, 0.1) is 20.8 Å². The van der Waals surface area contributed by atoms with Crippen LogP contribution in [-0.2, 0) is 0 Å². The maximum Gasteiger partial charge on any atom is 0.148 e. The third-order valence-corrected chi connectivity index (χ3v) is 3.33. The lowest BCUT2D eigenvalue weighted by atomic mass is 10.1. The predicted molar refractivity (Wildman–Crippen MR) is 56.0 cm³/mol. The molecule has 0 saturated heterocycles. The molecule has 0 aliphatic carbocycles. The average Bonchev–Trinajstić information content (AvgIpc) is 2.37. The van der Waals surface area contributed by atoms with Gasteiger partial charge in [-0.05, 0) is 26.3 Å². The van der Waals surface area contributed by atoms with E-state index in [1.165, 1.54) is 0 Å². The van der Waals surface area contributed by atoms with E-state index in [0.29, 0.717) is 0 Å². The van der Waals surface area contributed by atoms with Crippen LogP contribution in [0.1, 0.15) is 16.1 Å². The number of hydrogen-bond donors (Lipinski definition) is 1. The van der Waals surface area contributed by atoms with E-state index in [0.717, 1.165) is 32.0 Å². The van der Waals surface area contributed by atoms with Gasteiger partial charge in [-0.25, -0.2) is 0 Å². The molecule has 0 amide bonds. The van der Waals surface area contributed by atoms with Crippen molar-refractivity contribution in [1.29, 1.82) is 0 Å². The van der Waals surface area contributed by atoms with E-state index >= 15 is 0 Å². The fourth-order valence-corrected chi connectivity index (χ4v) is 2.30. The summed E-state index contributed by atoms with van der Waals surface area (Å²) in [7, 11) is 0. The van der Waals surface area contributed by atoms with Crippen LogP contribution in [0.4, 0.5) is 5.69 Å². The monoisotopic (exact) mass is 193 g/mol. The van der Waals surface area contributed by atoms with Crippen molar-refractivity contribution in [2.24, 2.45) is 0 Å². The van der Waals surface area contributed by atoms with Gasteiger partial charge < -0.3 is 5.73 Å². The minimum atomic E-state index is 0.857. The van der Waals surface area contributed by atoms with Gasteiger partial charge in [-0.3, -0.25) is 0 Å². The van der Waals surface area contributed by atoms with Gasteiger partial charge in [0.15, 0.2) is 0 Å². The molecule has 0 unspecified atom stereocenters. The van der Waals surface area contributed by atoms with Gasteiger partial charge in [-0.2, -0.15) is 5.10 Å². The van der Waals surface area contributed by atoms with Crippen LogP contribution in [-0.4, -0.2) is 10.2 Å². The van der Waals surface area contributed by atoms with Crippen molar-refractivity contribution >= 4 is 27.2 Å². The SMILES string of the molecule is Cc1nnc2sc(C)c(N)c2c1C. The fraction of sp³-hybridized carbons (Fsp3) is 0.333. The second-order valence-electron chi connectivity index (χ2n) is 3.16. The van der Waals surface area contributed by atoms with Crippen molar-refractivity contribution in [3.8, 4) is 0 Å². The Kier molecular flexibility index (Phi) is 1.73. The summed E-state index contributed by atoms with van der Waals surface area (Å²) < 4.78 is 0. The first-order valence-corrected chi connectivity index (χ1v) is 4.91. The lowest BCUT2D eigenvalue weighted by Crippen LogP contribution is -1.93. The van der Waals surface area contributed by atoms with Crippen molar-refractivity contribution in [1.82, 2.24) is 10.2 Å². The number of fused-ring (bicyclic) bond motifs is 1. The zero-order valence-electron chi connectivity index (χ0n) is 7.88. The molecule has 0 aliphatic heterocycles. The van der Waals surface area contributed by atoms with E-state index in [2.05, 4.69) is 10.2 Å². The smallest absolute Gasteiger partial charge is 0.148 e. The quantitative estimate of drug-likeness (QED) is 0.697. The number of nitrogens with zero attached hydrogens (tertiary/aromatic N) is 2. The van der Waals surface area contributed by atoms with E-state index in [4.69, 9.17) is 5.73 Å². The van der Waals surface area contributed by atoms with Crippen LogP contribution in [0.2, 0.25) is 0 Å². The lowest BCUT2D eigenvalue weighted by Gasteiger charge is -1.99. The highest BCUT2D eigenvalue weighted by Gasteiger charge is 2.11. The molecule has 2 heterocycles. The zero-order valence-corrected chi connectivity index (χ0v) is 8.70. The topological polar surface area (TPSA) is 51.8 Å². The molecular formula is C9H11N3S. The van der Waals surface area contributed by atoms with Gasteiger partial charge >= 0.3 is 0 Å². The molecule has 2 aromatic heterocycles. The second kappa shape index (κ2) is 2.67. The van der Waals surface area contributed by atoms with E-state index in [-0.39, 0.29) is 0 Å². The zero-order chi connectivity index (χ0) is 9.59. The first kappa shape index (κ1) is 8.44. The first-order valence-electron chi connectivity index (χ1n) is 4.09. The average molecular weight is 193 g/mol.